The lowest BCUT2D eigenvalue weighted by Crippen LogP contribution is -2.27. The first-order chi connectivity index (χ1) is 11.5. The van der Waals surface area contributed by atoms with Gasteiger partial charge in [0.1, 0.15) is 6.54 Å². The molecule has 2 rings (SSSR count). The lowest BCUT2D eigenvalue weighted by Gasteiger charge is -2.13. The molecule has 0 spiro atoms. The first-order valence-electron chi connectivity index (χ1n) is 8.12. The lowest BCUT2D eigenvalue weighted by molar-refractivity contribution is -0.116. The molecule has 1 aromatic carbocycles. The number of nitrogens with one attached hydrogen (secondary N) is 1. The highest BCUT2D eigenvalue weighted by Crippen LogP contribution is 2.15. The van der Waals surface area contributed by atoms with Gasteiger partial charge >= 0.3 is 0 Å². The molecule has 0 aliphatic heterocycles. The van der Waals surface area contributed by atoms with Gasteiger partial charge in [-0.1, -0.05) is 13.3 Å². The maximum atomic E-state index is 12.1. The second kappa shape index (κ2) is 8.29. The number of carbonyl (C=O) groups is 1. The van der Waals surface area contributed by atoms with Crippen LogP contribution in [0.1, 0.15) is 25.5 Å². The fourth-order valence-electron chi connectivity index (χ4n) is 2.27. The number of hydrogen-bond acceptors (Lipinski definition) is 4. The molecular formula is C18H24N4O2. The molecule has 0 unspecified atom stereocenters. The molecule has 0 fully saturated rings. The SMILES string of the molecule is CCCCc1cc(=O)n(CC(=O)Nc2ccc(N(C)C)cc2)cn1. The summed E-state index contributed by atoms with van der Waals surface area (Å²) in [6, 6.07) is 9.02. The highest BCUT2D eigenvalue weighted by Gasteiger charge is 2.07. The lowest BCUT2D eigenvalue weighted by atomic mass is 10.2. The van der Waals surface area contributed by atoms with Crippen molar-refractivity contribution in [2.75, 3.05) is 24.3 Å². The van der Waals surface area contributed by atoms with Crippen molar-refractivity contribution in [1.29, 1.82) is 0 Å². The van der Waals surface area contributed by atoms with Crippen molar-refractivity contribution < 1.29 is 4.79 Å². The smallest absolute Gasteiger partial charge is 0.253 e. The standard InChI is InChI=1S/C18H24N4O2/c1-4-5-6-15-11-18(24)22(13-19-15)12-17(23)20-14-7-9-16(10-8-14)21(2)3/h7-11,13H,4-6,12H2,1-3H3,(H,20,23). The highest BCUT2D eigenvalue weighted by atomic mass is 16.2. The fraction of sp³-hybridized carbons (Fsp3) is 0.389. The summed E-state index contributed by atoms with van der Waals surface area (Å²) in [5, 5.41) is 2.79. The largest absolute Gasteiger partial charge is 0.378 e. The number of hydrogen-bond donors (Lipinski definition) is 1. The summed E-state index contributed by atoms with van der Waals surface area (Å²) in [6.45, 7) is 2.05. The molecule has 0 bridgehead atoms. The maximum absolute atomic E-state index is 12.1. The van der Waals surface area contributed by atoms with Crippen LogP contribution in [-0.2, 0) is 17.8 Å². The van der Waals surface area contributed by atoms with Crippen LogP contribution >= 0.6 is 0 Å². The Balaban J connectivity index is 1.98. The summed E-state index contributed by atoms with van der Waals surface area (Å²) in [7, 11) is 3.91. The van der Waals surface area contributed by atoms with Crippen molar-refractivity contribution in [2.24, 2.45) is 0 Å². The summed E-state index contributed by atoms with van der Waals surface area (Å²) in [5.41, 5.74) is 2.33. The van der Waals surface area contributed by atoms with Crippen molar-refractivity contribution in [1.82, 2.24) is 9.55 Å². The molecule has 1 amide bonds. The zero-order valence-corrected chi connectivity index (χ0v) is 14.5. The van der Waals surface area contributed by atoms with Crippen molar-refractivity contribution in [3.05, 3.63) is 52.7 Å². The third kappa shape index (κ3) is 4.94. The third-order valence-electron chi connectivity index (χ3n) is 3.70. The third-order valence-corrected chi connectivity index (χ3v) is 3.70. The van der Waals surface area contributed by atoms with E-state index in [1.807, 2.05) is 43.3 Å². The van der Waals surface area contributed by atoms with Crippen LogP contribution in [0.4, 0.5) is 11.4 Å². The normalized spacial score (nSPS) is 10.5. The van der Waals surface area contributed by atoms with Gasteiger partial charge in [0.15, 0.2) is 0 Å². The van der Waals surface area contributed by atoms with Gasteiger partial charge in [0.25, 0.3) is 5.56 Å². The maximum Gasteiger partial charge on any atom is 0.253 e. The van der Waals surface area contributed by atoms with Gasteiger partial charge < -0.3 is 10.2 Å². The topological polar surface area (TPSA) is 67.2 Å². The minimum atomic E-state index is -0.252. The van der Waals surface area contributed by atoms with Gasteiger partial charge in [0.05, 0.1) is 6.33 Å². The Kier molecular flexibility index (Phi) is 6.12. The first-order valence-corrected chi connectivity index (χ1v) is 8.12. The van der Waals surface area contributed by atoms with Crippen LogP contribution in [0.5, 0.6) is 0 Å². The number of anilines is 2. The van der Waals surface area contributed by atoms with Gasteiger partial charge in [-0.2, -0.15) is 0 Å². The van der Waals surface area contributed by atoms with E-state index in [9.17, 15) is 9.59 Å². The summed E-state index contributed by atoms with van der Waals surface area (Å²) < 4.78 is 1.32. The van der Waals surface area contributed by atoms with E-state index in [0.717, 1.165) is 30.6 Å². The quantitative estimate of drug-likeness (QED) is 0.847. The molecule has 24 heavy (non-hydrogen) atoms. The molecule has 2 aromatic rings. The number of amides is 1. The molecule has 0 radical (unpaired) electrons. The zero-order valence-electron chi connectivity index (χ0n) is 14.5. The van der Waals surface area contributed by atoms with Gasteiger partial charge in [0.2, 0.25) is 5.91 Å². The molecule has 0 saturated carbocycles. The van der Waals surface area contributed by atoms with Crippen molar-refractivity contribution in [3.8, 4) is 0 Å². The molecule has 0 aliphatic carbocycles. The van der Waals surface area contributed by atoms with Crippen LogP contribution in [0.2, 0.25) is 0 Å². The summed E-state index contributed by atoms with van der Waals surface area (Å²) in [4.78, 5) is 30.4. The van der Waals surface area contributed by atoms with Gasteiger partial charge in [-0.3, -0.25) is 14.2 Å². The van der Waals surface area contributed by atoms with Gasteiger partial charge in [-0.25, -0.2) is 4.98 Å². The zero-order chi connectivity index (χ0) is 17.5. The Bertz CT molecular complexity index is 735. The number of benzene rings is 1. The Morgan fingerprint density at radius 3 is 2.54 bits per heavy atom. The monoisotopic (exact) mass is 328 g/mol. The average molecular weight is 328 g/mol. The Morgan fingerprint density at radius 1 is 1.25 bits per heavy atom. The average Bonchev–Trinajstić information content (AvgIpc) is 2.55. The van der Waals surface area contributed by atoms with Gasteiger partial charge in [0, 0.05) is 37.2 Å². The second-order valence-electron chi connectivity index (χ2n) is 5.94. The van der Waals surface area contributed by atoms with Crippen molar-refractivity contribution in [3.63, 3.8) is 0 Å². The molecule has 0 saturated heterocycles. The van der Waals surface area contributed by atoms with E-state index in [-0.39, 0.29) is 18.0 Å². The van der Waals surface area contributed by atoms with E-state index in [0.29, 0.717) is 5.69 Å². The molecule has 6 nitrogen and oxygen atoms in total. The number of nitrogens with zero attached hydrogens (tertiary/aromatic N) is 3. The molecule has 128 valence electrons. The Hall–Kier alpha value is -2.63. The molecule has 1 heterocycles. The minimum absolute atomic E-state index is 0.0463. The molecule has 1 aromatic heterocycles. The van der Waals surface area contributed by atoms with Crippen LogP contribution in [0.3, 0.4) is 0 Å². The van der Waals surface area contributed by atoms with Crippen LogP contribution in [0, 0.1) is 0 Å². The summed E-state index contributed by atoms with van der Waals surface area (Å²) in [6.07, 6.45) is 4.29. The van der Waals surface area contributed by atoms with E-state index in [2.05, 4.69) is 17.2 Å². The Morgan fingerprint density at radius 2 is 1.96 bits per heavy atom. The van der Waals surface area contributed by atoms with Gasteiger partial charge in [-0.05, 0) is 37.1 Å². The van der Waals surface area contributed by atoms with Crippen LogP contribution in [0.15, 0.2) is 41.5 Å². The molecule has 1 N–H and O–H groups in total. The number of carbonyl (C=O) groups excluding carboxylic acids is 1. The molecular weight excluding hydrogens is 304 g/mol. The molecule has 6 heteroatoms. The highest BCUT2D eigenvalue weighted by molar-refractivity contribution is 5.90. The van der Waals surface area contributed by atoms with E-state index >= 15 is 0 Å². The number of rotatable bonds is 7. The molecule has 0 atom stereocenters. The van der Waals surface area contributed by atoms with Crippen LogP contribution in [0.25, 0.3) is 0 Å². The van der Waals surface area contributed by atoms with E-state index in [4.69, 9.17) is 0 Å². The molecule has 0 aliphatic rings. The van der Waals surface area contributed by atoms with E-state index in [1.165, 1.54) is 17.0 Å². The first kappa shape index (κ1) is 17.7. The van der Waals surface area contributed by atoms with Crippen LogP contribution < -0.4 is 15.8 Å². The predicted octanol–water partition coefficient (Wildman–Crippen LogP) is 2.29. The number of unbranched alkanes of at least 4 members (excludes halogenated alkanes) is 1. The van der Waals surface area contributed by atoms with E-state index in [1.54, 1.807) is 0 Å². The number of aryl methyl sites for hydroxylation is 1. The second-order valence-corrected chi connectivity index (χ2v) is 5.94. The summed E-state index contributed by atoms with van der Waals surface area (Å²) in [5.74, 6) is -0.252. The van der Waals surface area contributed by atoms with Crippen molar-refractivity contribution in [2.45, 2.75) is 32.7 Å². The fourth-order valence-corrected chi connectivity index (χ4v) is 2.27. The van der Waals surface area contributed by atoms with Gasteiger partial charge in [-0.15, -0.1) is 0 Å². The van der Waals surface area contributed by atoms with Crippen molar-refractivity contribution >= 4 is 17.3 Å². The minimum Gasteiger partial charge on any atom is -0.378 e. The Labute approximate surface area is 142 Å². The van der Waals surface area contributed by atoms with E-state index < -0.39 is 0 Å². The summed E-state index contributed by atoms with van der Waals surface area (Å²) >= 11 is 0. The van der Waals surface area contributed by atoms with Crippen LogP contribution in [-0.4, -0.2) is 29.6 Å². The predicted molar refractivity (Wildman–Crippen MR) is 96.5 cm³/mol. The number of aromatic nitrogens is 2.